The number of amides is 1. The zero-order valence-corrected chi connectivity index (χ0v) is 24.5. The van der Waals surface area contributed by atoms with Gasteiger partial charge in [-0.05, 0) is 48.5 Å². The molecule has 0 saturated heterocycles. The normalized spacial score (nSPS) is 11.0. The zero-order chi connectivity index (χ0) is 28.2. The van der Waals surface area contributed by atoms with E-state index in [2.05, 4.69) is 5.32 Å². The summed E-state index contributed by atoms with van der Waals surface area (Å²) in [6.45, 7) is 2.35. The van der Waals surface area contributed by atoms with Gasteiger partial charge in [-0.1, -0.05) is 71.6 Å². The molecule has 0 unspecified atom stereocenters. The van der Waals surface area contributed by atoms with Crippen molar-refractivity contribution in [3.63, 3.8) is 0 Å². The van der Waals surface area contributed by atoms with Gasteiger partial charge in [0.15, 0.2) is 14.8 Å². The van der Waals surface area contributed by atoms with Crippen LogP contribution >= 0.6 is 35.3 Å². The third-order valence-electron chi connectivity index (χ3n) is 6.23. The molecule has 0 fully saturated rings. The first-order valence-electron chi connectivity index (χ1n) is 12.3. The van der Waals surface area contributed by atoms with E-state index in [0.29, 0.717) is 48.9 Å². The lowest BCUT2D eigenvalue weighted by molar-refractivity contribution is -0.118. The average molecular weight is 591 g/mol. The van der Waals surface area contributed by atoms with Gasteiger partial charge in [0.25, 0.3) is 5.56 Å². The smallest absolute Gasteiger partial charge is 0.278 e. The fourth-order valence-electron chi connectivity index (χ4n) is 4.22. The largest absolute Gasteiger partial charge is 0.497 e. The van der Waals surface area contributed by atoms with Crippen molar-refractivity contribution in [1.29, 1.82) is 0 Å². The van der Waals surface area contributed by atoms with Crippen LogP contribution in [0.4, 0.5) is 0 Å². The van der Waals surface area contributed by atoms with Gasteiger partial charge in [0.05, 0.1) is 31.3 Å². The van der Waals surface area contributed by atoms with E-state index in [1.54, 1.807) is 41.6 Å². The number of aromatic nitrogens is 3. The molecule has 0 bridgehead atoms. The molecule has 0 saturated carbocycles. The molecule has 0 aliphatic carbocycles. The number of thioether (sulfide) groups is 1. The Kier molecular flexibility index (Phi) is 8.34. The van der Waals surface area contributed by atoms with Gasteiger partial charge in [-0.15, -0.1) is 0 Å². The summed E-state index contributed by atoms with van der Waals surface area (Å²) < 4.78 is 15.1. The first-order valence-corrected chi connectivity index (χ1v) is 14.5. The van der Waals surface area contributed by atoms with E-state index < -0.39 is 0 Å². The molecular weight excluding hydrogens is 565 g/mol. The number of benzene rings is 3. The van der Waals surface area contributed by atoms with Gasteiger partial charge in [-0.3, -0.25) is 18.7 Å². The minimum atomic E-state index is -0.261. The number of para-hydroxylation sites is 1. The maximum atomic E-state index is 14.0. The molecule has 0 radical (unpaired) electrons. The fourth-order valence-corrected chi connectivity index (χ4v) is 6.34. The molecule has 0 aliphatic heterocycles. The number of aryl methyl sites for hydroxylation is 1. The molecule has 204 valence electrons. The summed E-state index contributed by atoms with van der Waals surface area (Å²) in [5.74, 6) is 1.06. The highest BCUT2D eigenvalue weighted by Gasteiger charge is 2.22. The predicted molar refractivity (Wildman–Crippen MR) is 162 cm³/mol. The van der Waals surface area contributed by atoms with Crippen molar-refractivity contribution in [3.8, 4) is 22.9 Å². The Hall–Kier alpha value is -3.93. The van der Waals surface area contributed by atoms with Gasteiger partial charge in [0.1, 0.15) is 16.2 Å². The van der Waals surface area contributed by atoms with Crippen LogP contribution in [0.15, 0.2) is 82.7 Å². The van der Waals surface area contributed by atoms with Crippen molar-refractivity contribution in [2.45, 2.75) is 18.6 Å². The Morgan fingerprint density at radius 3 is 2.48 bits per heavy atom. The number of hydrogen-bond donors (Lipinski definition) is 1. The molecule has 0 spiro atoms. The van der Waals surface area contributed by atoms with Gasteiger partial charge < -0.3 is 14.8 Å². The Morgan fingerprint density at radius 2 is 1.75 bits per heavy atom. The third kappa shape index (κ3) is 5.53. The highest BCUT2D eigenvalue weighted by molar-refractivity contribution is 7.99. The highest BCUT2D eigenvalue weighted by atomic mass is 32.2. The van der Waals surface area contributed by atoms with E-state index in [-0.39, 0.29) is 17.2 Å². The average Bonchev–Trinajstić information content (AvgIpc) is 3.31. The van der Waals surface area contributed by atoms with Gasteiger partial charge >= 0.3 is 0 Å². The second-order valence-corrected chi connectivity index (χ2v) is 11.4. The van der Waals surface area contributed by atoms with Crippen LogP contribution in [0.2, 0.25) is 0 Å². The van der Waals surface area contributed by atoms with Crippen molar-refractivity contribution in [2.24, 2.45) is 0 Å². The molecule has 1 N–H and O–H groups in total. The summed E-state index contributed by atoms with van der Waals surface area (Å²) in [5.41, 5.74) is 3.33. The second kappa shape index (κ2) is 12.1. The van der Waals surface area contributed by atoms with Gasteiger partial charge in [-0.2, -0.15) is 0 Å². The quantitative estimate of drug-likeness (QED) is 0.134. The summed E-state index contributed by atoms with van der Waals surface area (Å²) in [4.78, 5) is 31.8. The Morgan fingerprint density at radius 1 is 1.00 bits per heavy atom. The van der Waals surface area contributed by atoms with Crippen molar-refractivity contribution in [2.75, 3.05) is 20.0 Å². The van der Waals surface area contributed by atoms with Gasteiger partial charge in [0.2, 0.25) is 5.91 Å². The van der Waals surface area contributed by atoms with Crippen LogP contribution in [0.25, 0.3) is 21.7 Å². The van der Waals surface area contributed by atoms with E-state index >= 15 is 0 Å². The van der Waals surface area contributed by atoms with E-state index in [1.807, 2.05) is 61.5 Å². The molecule has 3 aromatic carbocycles. The highest BCUT2D eigenvalue weighted by Crippen LogP contribution is 2.33. The number of hydrogen-bond acceptors (Lipinski definition) is 8. The number of nitrogens with zero attached hydrogens (tertiary/aromatic N) is 3. The number of rotatable bonds is 9. The van der Waals surface area contributed by atoms with Crippen molar-refractivity contribution >= 4 is 51.6 Å². The van der Waals surface area contributed by atoms with Crippen LogP contribution in [0.5, 0.6) is 11.5 Å². The van der Waals surface area contributed by atoms with Crippen LogP contribution in [0.3, 0.4) is 0 Å². The summed E-state index contributed by atoms with van der Waals surface area (Å²) >= 11 is 8.10. The molecule has 8 nitrogen and oxygen atoms in total. The van der Waals surface area contributed by atoms with Crippen LogP contribution in [-0.2, 0) is 11.3 Å². The Bertz CT molecular complexity index is 1810. The van der Waals surface area contributed by atoms with E-state index in [9.17, 15) is 9.59 Å². The molecule has 11 heteroatoms. The lowest BCUT2D eigenvalue weighted by Gasteiger charge is -2.15. The molecule has 0 atom stereocenters. The number of carbonyl (C=O) groups is 1. The van der Waals surface area contributed by atoms with Crippen LogP contribution in [-0.4, -0.2) is 40.0 Å². The molecule has 1 amide bonds. The van der Waals surface area contributed by atoms with Crippen LogP contribution in [0, 0.1) is 10.9 Å². The number of carbonyl (C=O) groups excluding carboxylic acids is 1. The second-order valence-electron chi connectivity index (χ2n) is 8.77. The minimum absolute atomic E-state index is 0.0734. The lowest BCUT2D eigenvalue weighted by Crippen LogP contribution is -2.26. The number of methoxy groups -OCH3 is 2. The van der Waals surface area contributed by atoms with E-state index in [0.717, 1.165) is 11.1 Å². The molecular formula is C29H26N4O4S3. The van der Waals surface area contributed by atoms with Crippen molar-refractivity contribution < 1.29 is 14.3 Å². The SMILES string of the molecule is COc1ccc(OC)c(-n2c(=S)sc3c(=O)n(-c4ccccc4C)c(SCC(=O)NCc4ccccc4)nc32)c1. The monoisotopic (exact) mass is 590 g/mol. The standard InChI is InChI=1S/C29H26N4O4S3/c1-18-9-7-8-12-21(18)33-27(35)25-26(31-28(33)39-17-24(34)30-16-19-10-5-4-6-11-19)32(29(38)40-25)22-15-20(36-2)13-14-23(22)37-3/h4-15H,16-17H2,1-3H3,(H,30,34). The number of nitrogens with one attached hydrogen (secondary N) is 1. The maximum Gasteiger partial charge on any atom is 0.278 e. The van der Waals surface area contributed by atoms with Crippen molar-refractivity contribution in [3.05, 3.63) is 98.2 Å². The van der Waals surface area contributed by atoms with Gasteiger partial charge in [0, 0.05) is 12.6 Å². The topological polar surface area (TPSA) is 87.4 Å². The van der Waals surface area contributed by atoms with Crippen LogP contribution in [0.1, 0.15) is 11.1 Å². The van der Waals surface area contributed by atoms with Crippen LogP contribution < -0.4 is 20.3 Å². The predicted octanol–water partition coefficient (Wildman–Crippen LogP) is 5.70. The number of fused-ring (bicyclic) bond motifs is 1. The summed E-state index contributed by atoms with van der Waals surface area (Å²) in [7, 11) is 3.14. The molecule has 40 heavy (non-hydrogen) atoms. The summed E-state index contributed by atoms with van der Waals surface area (Å²) in [6, 6.07) is 22.6. The third-order valence-corrected chi connectivity index (χ3v) is 8.51. The van der Waals surface area contributed by atoms with Gasteiger partial charge in [-0.25, -0.2) is 4.98 Å². The molecule has 0 aliphatic rings. The zero-order valence-electron chi connectivity index (χ0n) is 22.0. The fraction of sp³-hybridized carbons (Fsp3) is 0.172. The molecule has 2 heterocycles. The first-order chi connectivity index (χ1) is 19.4. The Balaban J connectivity index is 1.61. The van der Waals surface area contributed by atoms with E-state index in [1.165, 1.54) is 23.1 Å². The Labute approximate surface area is 244 Å². The molecule has 2 aromatic heterocycles. The lowest BCUT2D eigenvalue weighted by atomic mass is 10.2. The maximum absolute atomic E-state index is 14.0. The minimum Gasteiger partial charge on any atom is -0.497 e. The summed E-state index contributed by atoms with van der Waals surface area (Å²) in [6.07, 6.45) is 0. The van der Waals surface area contributed by atoms with E-state index in [4.69, 9.17) is 26.7 Å². The first kappa shape index (κ1) is 27.6. The number of ether oxygens (including phenoxy) is 2. The molecule has 5 aromatic rings. The van der Waals surface area contributed by atoms with Crippen molar-refractivity contribution in [1.82, 2.24) is 19.4 Å². The summed E-state index contributed by atoms with van der Waals surface area (Å²) in [5, 5.41) is 3.32. The number of thiazole rings is 1. The molecule has 5 rings (SSSR count).